The molecule has 132 valence electrons. The molecule has 1 amide bonds. The minimum absolute atomic E-state index is 0.181. The number of nitrogens with one attached hydrogen (secondary N) is 2. The maximum Gasteiger partial charge on any atom is 0.316 e. The summed E-state index contributed by atoms with van der Waals surface area (Å²) in [5.41, 5.74) is 1.80. The first-order chi connectivity index (χ1) is 12.5. The lowest BCUT2D eigenvalue weighted by Gasteiger charge is -2.14. The lowest BCUT2D eigenvalue weighted by molar-refractivity contribution is -0.145. The number of fused-ring (bicyclic) bond motifs is 1. The van der Waals surface area contributed by atoms with Crippen molar-refractivity contribution in [1.29, 1.82) is 0 Å². The third-order valence-electron chi connectivity index (χ3n) is 4.28. The average Bonchev–Trinajstić information content (AvgIpc) is 2.62. The number of hydrogen-bond donors (Lipinski definition) is 3. The molecule has 26 heavy (non-hydrogen) atoms. The summed E-state index contributed by atoms with van der Waals surface area (Å²) in [6.07, 6.45) is -0.181. The fraction of sp³-hybridized carbons (Fsp3) is 0.150. The van der Waals surface area contributed by atoms with E-state index in [0.717, 1.165) is 0 Å². The zero-order chi connectivity index (χ0) is 18.7. The molecule has 0 aliphatic carbocycles. The molecule has 3 N–H and O–H groups in total. The van der Waals surface area contributed by atoms with Crippen LogP contribution in [0.25, 0.3) is 10.9 Å². The van der Waals surface area contributed by atoms with Crippen molar-refractivity contribution in [2.75, 3.05) is 5.32 Å². The van der Waals surface area contributed by atoms with Gasteiger partial charge in [-0.15, -0.1) is 0 Å². The largest absolute Gasteiger partial charge is 0.481 e. The van der Waals surface area contributed by atoms with Gasteiger partial charge in [-0.25, -0.2) is 0 Å². The van der Waals surface area contributed by atoms with Gasteiger partial charge in [0.05, 0.1) is 0 Å². The van der Waals surface area contributed by atoms with E-state index in [-0.39, 0.29) is 11.8 Å². The van der Waals surface area contributed by atoms with Gasteiger partial charge in [0.25, 0.3) is 0 Å². The van der Waals surface area contributed by atoms with Gasteiger partial charge in [0.2, 0.25) is 5.91 Å². The number of pyridine rings is 1. The zero-order valence-corrected chi connectivity index (χ0v) is 14.2. The highest BCUT2D eigenvalue weighted by molar-refractivity contribution is 6.04. The number of rotatable bonds is 5. The lowest BCUT2D eigenvalue weighted by atomic mass is 9.96. The molecule has 0 aliphatic rings. The van der Waals surface area contributed by atoms with Gasteiger partial charge in [0.15, 0.2) is 5.43 Å². The molecule has 0 spiro atoms. The Hall–Kier alpha value is -3.41. The summed E-state index contributed by atoms with van der Waals surface area (Å²) in [5.74, 6) is -3.29. The Balaban J connectivity index is 1.94. The van der Waals surface area contributed by atoms with E-state index in [1.165, 1.54) is 0 Å². The molecule has 0 radical (unpaired) electrons. The van der Waals surface area contributed by atoms with Gasteiger partial charge in [0.1, 0.15) is 5.92 Å². The molecular weight excluding hydrogens is 332 g/mol. The average molecular weight is 350 g/mol. The second-order valence-corrected chi connectivity index (χ2v) is 6.05. The van der Waals surface area contributed by atoms with Gasteiger partial charge in [-0.1, -0.05) is 30.3 Å². The van der Waals surface area contributed by atoms with E-state index in [0.29, 0.717) is 27.8 Å². The number of aliphatic carboxylic acids is 1. The van der Waals surface area contributed by atoms with Crippen molar-refractivity contribution in [3.8, 4) is 0 Å². The number of anilines is 1. The second-order valence-electron chi connectivity index (χ2n) is 6.05. The SMILES string of the molecule is Cc1[nH]c2ccccc2c(=O)c1C[C@@H](C(=O)O)C(=O)Nc1ccccc1. The third kappa shape index (κ3) is 3.49. The number of carbonyl (C=O) groups excluding carboxylic acids is 1. The summed E-state index contributed by atoms with van der Waals surface area (Å²) in [6, 6.07) is 15.6. The van der Waals surface area contributed by atoms with Crippen LogP contribution in [-0.4, -0.2) is 22.0 Å². The highest BCUT2D eigenvalue weighted by Crippen LogP contribution is 2.16. The van der Waals surface area contributed by atoms with Gasteiger partial charge < -0.3 is 15.4 Å². The highest BCUT2D eigenvalue weighted by Gasteiger charge is 2.28. The van der Waals surface area contributed by atoms with Crippen molar-refractivity contribution in [2.24, 2.45) is 5.92 Å². The lowest BCUT2D eigenvalue weighted by Crippen LogP contribution is -2.33. The van der Waals surface area contributed by atoms with Crippen LogP contribution in [0.1, 0.15) is 11.3 Å². The van der Waals surface area contributed by atoms with Crippen molar-refractivity contribution in [3.05, 3.63) is 76.1 Å². The molecule has 3 rings (SSSR count). The Kier molecular flexibility index (Phi) is 4.84. The molecule has 6 heteroatoms. The minimum Gasteiger partial charge on any atom is -0.481 e. The van der Waals surface area contributed by atoms with Crippen molar-refractivity contribution in [1.82, 2.24) is 4.98 Å². The van der Waals surface area contributed by atoms with Crippen molar-refractivity contribution < 1.29 is 14.7 Å². The summed E-state index contributed by atoms with van der Waals surface area (Å²) in [7, 11) is 0. The molecule has 1 aromatic heterocycles. The summed E-state index contributed by atoms with van der Waals surface area (Å²) in [4.78, 5) is 39.9. The van der Waals surface area contributed by atoms with Crippen LogP contribution in [0.2, 0.25) is 0 Å². The van der Waals surface area contributed by atoms with Crippen molar-refractivity contribution in [3.63, 3.8) is 0 Å². The maximum absolute atomic E-state index is 12.7. The van der Waals surface area contributed by atoms with Crippen LogP contribution in [-0.2, 0) is 16.0 Å². The monoisotopic (exact) mass is 350 g/mol. The predicted octanol–water partition coefficient (Wildman–Crippen LogP) is 2.72. The van der Waals surface area contributed by atoms with E-state index in [2.05, 4.69) is 10.3 Å². The number of carboxylic acids is 1. The van der Waals surface area contributed by atoms with E-state index in [4.69, 9.17) is 0 Å². The van der Waals surface area contributed by atoms with Crippen LogP contribution in [0.3, 0.4) is 0 Å². The first-order valence-electron chi connectivity index (χ1n) is 8.16. The molecule has 0 saturated carbocycles. The predicted molar refractivity (Wildman–Crippen MR) is 99.2 cm³/mol. The summed E-state index contributed by atoms with van der Waals surface area (Å²) >= 11 is 0. The Morgan fingerprint density at radius 2 is 1.73 bits per heavy atom. The summed E-state index contributed by atoms with van der Waals surface area (Å²) < 4.78 is 0. The van der Waals surface area contributed by atoms with Crippen LogP contribution < -0.4 is 10.7 Å². The first kappa shape index (κ1) is 17.4. The van der Waals surface area contributed by atoms with Crippen LogP contribution >= 0.6 is 0 Å². The Morgan fingerprint density at radius 1 is 1.08 bits per heavy atom. The summed E-state index contributed by atoms with van der Waals surface area (Å²) in [5, 5.41) is 12.6. The molecule has 3 aromatic rings. The third-order valence-corrected chi connectivity index (χ3v) is 4.28. The van der Waals surface area contributed by atoms with Gasteiger partial charge in [0, 0.05) is 34.3 Å². The Morgan fingerprint density at radius 3 is 2.42 bits per heavy atom. The fourth-order valence-corrected chi connectivity index (χ4v) is 2.89. The van der Waals surface area contributed by atoms with Gasteiger partial charge in [-0.2, -0.15) is 0 Å². The molecule has 0 aliphatic heterocycles. The number of hydrogen-bond acceptors (Lipinski definition) is 3. The number of H-pyrrole nitrogens is 1. The standard InChI is InChI=1S/C20H18N2O4/c1-12-15(18(23)14-9-5-6-10-17(14)21-12)11-16(20(25)26)19(24)22-13-7-3-2-4-8-13/h2-10,16H,11H2,1H3,(H,21,23)(H,22,24)(H,25,26)/t16-/m1/s1. The molecule has 0 bridgehead atoms. The molecule has 0 unspecified atom stereocenters. The number of carboxylic acid groups (broad SMARTS) is 1. The van der Waals surface area contributed by atoms with E-state index in [9.17, 15) is 19.5 Å². The van der Waals surface area contributed by atoms with E-state index in [1.54, 1.807) is 55.5 Å². The van der Waals surface area contributed by atoms with Crippen molar-refractivity contribution >= 4 is 28.5 Å². The molecule has 1 heterocycles. The van der Waals surface area contributed by atoms with E-state index < -0.39 is 17.8 Å². The Bertz CT molecular complexity index is 1020. The van der Waals surface area contributed by atoms with Crippen molar-refractivity contribution in [2.45, 2.75) is 13.3 Å². The van der Waals surface area contributed by atoms with Crippen LogP contribution in [0.5, 0.6) is 0 Å². The number of aryl methyl sites for hydroxylation is 1. The van der Waals surface area contributed by atoms with Crippen LogP contribution in [0.15, 0.2) is 59.4 Å². The fourth-order valence-electron chi connectivity index (χ4n) is 2.89. The summed E-state index contributed by atoms with van der Waals surface area (Å²) in [6.45, 7) is 1.71. The molecule has 0 fully saturated rings. The number of aromatic nitrogens is 1. The molecule has 6 nitrogen and oxygen atoms in total. The number of amides is 1. The quantitative estimate of drug-likeness (QED) is 0.616. The number of carbonyl (C=O) groups is 2. The highest BCUT2D eigenvalue weighted by atomic mass is 16.4. The second kappa shape index (κ2) is 7.23. The maximum atomic E-state index is 12.7. The molecular formula is C20H18N2O4. The normalized spacial score (nSPS) is 11.9. The van der Waals surface area contributed by atoms with E-state index >= 15 is 0 Å². The molecule has 1 atom stereocenters. The molecule has 2 aromatic carbocycles. The molecule has 0 saturated heterocycles. The number of para-hydroxylation sites is 2. The Labute approximate surface area is 149 Å². The number of benzene rings is 2. The van der Waals surface area contributed by atoms with Gasteiger partial charge >= 0.3 is 5.97 Å². The number of aromatic amines is 1. The van der Waals surface area contributed by atoms with Gasteiger partial charge in [-0.3, -0.25) is 14.4 Å². The van der Waals surface area contributed by atoms with Crippen LogP contribution in [0.4, 0.5) is 5.69 Å². The van der Waals surface area contributed by atoms with E-state index in [1.807, 2.05) is 6.07 Å². The topological polar surface area (TPSA) is 99.3 Å². The first-order valence-corrected chi connectivity index (χ1v) is 8.16. The minimum atomic E-state index is -1.36. The van der Waals surface area contributed by atoms with Gasteiger partial charge in [-0.05, 0) is 31.2 Å². The smallest absolute Gasteiger partial charge is 0.316 e. The zero-order valence-electron chi connectivity index (χ0n) is 14.2. The van der Waals surface area contributed by atoms with Crippen LogP contribution in [0, 0.1) is 12.8 Å².